The number of hydrogen-bond donors (Lipinski definition) is 1. The molecule has 5 heteroatoms. The first-order valence-electron chi connectivity index (χ1n) is 8.85. The van der Waals surface area contributed by atoms with Gasteiger partial charge in [-0.1, -0.05) is 24.3 Å². The highest BCUT2D eigenvalue weighted by atomic mass is 16.5. The SMILES string of the molecule is COc1ccc(CN/N=C/c2cc(C)n(-c3ccccc3)c2C)cc1OC. The van der Waals surface area contributed by atoms with Gasteiger partial charge in [0, 0.05) is 22.6 Å². The molecule has 0 spiro atoms. The van der Waals surface area contributed by atoms with Crippen LogP contribution in [-0.2, 0) is 6.54 Å². The Balaban J connectivity index is 1.69. The molecule has 3 aromatic rings. The Morgan fingerprint density at radius 3 is 2.41 bits per heavy atom. The van der Waals surface area contributed by atoms with Gasteiger partial charge in [0.15, 0.2) is 11.5 Å². The Morgan fingerprint density at radius 2 is 1.70 bits per heavy atom. The van der Waals surface area contributed by atoms with Crippen LogP contribution in [0.3, 0.4) is 0 Å². The normalized spacial score (nSPS) is 11.0. The zero-order chi connectivity index (χ0) is 19.2. The molecule has 1 N–H and O–H groups in total. The van der Waals surface area contributed by atoms with Crippen molar-refractivity contribution in [3.63, 3.8) is 0 Å². The molecule has 140 valence electrons. The van der Waals surface area contributed by atoms with Crippen molar-refractivity contribution < 1.29 is 9.47 Å². The Kier molecular flexibility index (Phi) is 5.81. The van der Waals surface area contributed by atoms with Gasteiger partial charge in [0.1, 0.15) is 0 Å². The summed E-state index contributed by atoms with van der Waals surface area (Å²) in [6, 6.07) is 18.3. The minimum atomic E-state index is 0.605. The van der Waals surface area contributed by atoms with Crippen LogP contribution in [-0.4, -0.2) is 25.0 Å². The van der Waals surface area contributed by atoms with E-state index in [1.165, 1.54) is 5.69 Å². The number of methoxy groups -OCH3 is 2. The topological polar surface area (TPSA) is 47.8 Å². The maximum Gasteiger partial charge on any atom is 0.161 e. The van der Waals surface area contributed by atoms with E-state index in [1.807, 2.05) is 42.6 Å². The first kappa shape index (κ1) is 18.6. The minimum Gasteiger partial charge on any atom is -0.493 e. The Hall–Kier alpha value is -3.21. The second-order valence-corrected chi connectivity index (χ2v) is 6.28. The van der Waals surface area contributed by atoms with Crippen molar-refractivity contribution in [1.29, 1.82) is 0 Å². The fraction of sp³-hybridized carbons (Fsp3) is 0.227. The van der Waals surface area contributed by atoms with Crippen molar-refractivity contribution in [1.82, 2.24) is 9.99 Å². The number of hydrogen-bond acceptors (Lipinski definition) is 4. The van der Waals surface area contributed by atoms with Crippen molar-refractivity contribution in [2.24, 2.45) is 5.10 Å². The van der Waals surface area contributed by atoms with Gasteiger partial charge in [0.05, 0.1) is 27.0 Å². The highest BCUT2D eigenvalue weighted by molar-refractivity contribution is 5.82. The molecule has 0 aliphatic carbocycles. The molecule has 0 aliphatic rings. The van der Waals surface area contributed by atoms with Gasteiger partial charge in [-0.05, 0) is 49.7 Å². The number of nitrogens with zero attached hydrogens (tertiary/aromatic N) is 2. The molecule has 27 heavy (non-hydrogen) atoms. The molecule has 0 amide bonds. The number of rotatable bonds is 7. The Bertz CT molecular complexity index is 930. The lowest BCUT2D eigenvalue weighted by Crippen LogP contribution is -2.06. The molecule has 0 fully saturated rings. The highest BCUT2D eigenvalue weighted by Gasteiger charge is 2.09. The molecule has 0 saturated carbocycles. The van der Waals surface area contributed by atoms with Gasteiger partial charge in [-0.2, -0.15) is 5.10 Å². The van der Waals surface area contributed by atoms with Crippen LogP contribution in [0.4, 0.5) is 0 Å². The van der Waals surface area contributed by atoms with Gasteiger partial charge in [-0.15, -0.1) is 0 Å². The van der Waals surface area contributed by atoms with E-state index in [4.69, 9.17) is 9.47 Å². The van der Waals surface area contributed by atoms with E-state index in [2.05, 4.69) is 47.1 Å². The highest BCUT2D eigenvalue weighted by Crippen LogP contribution is 2.27. The minimum absolute atomic E-state index is 0.605. The first-order valence-corrected chi connectivity index (χ1v) is 8.85. The third-order valence-electron chi connectivity index (χ3n) is 4.51. The van der Waals surface area contributed by atoms with Crippen LogP contribution in [0.5, 0.6) is 11.5 Å². The maximum absolute atomic E-state index is 5.33. The summed E-state index contributed by atoms with van der Waals surface area (Å²) in [4.78, 5) is 0. The third-order valence-corrected chi connectivity index (χ3v) is 4.51. The standard InChI is InChI=1S/C22H25N3O2/c1-16-12-19(17(2)25(16)20-8-6-5-7-9-20)15-24-23-14-18-10-11-21(26-3)22(13-18)27-4/h5-13,15,23H,14H2,1-4H3/b24-15+. The summed E-state index contributed by atoms with van der Waals surface area (Å²) in [7, 11) is 3.27. The molecule has 0 saturated heterocycles. The van der Waals surface area contributed by atoms with Crippen molar-refractivity contribution in [3.8, 4) is 17.2 Å². The quantitative estimate of drug-likeness (QED) is 0.505. The summed E-state index contributed by atoms with van der Waals surface area (Å²) in [5.74, 6) is 1.44. The predicted octanol–water partition coefficient (Wildman–Crippen LogP) is 4.24. The summed E-state index contributed by atoms with van der Waals surface area (Å²) in [6.45, 7) is 4.82. The van der Waals surface area contributed by atoms with Gasteiger partial charge in [-0.25, -0.2) is 0 Å². The molecular weight excluding hydrogens is 338 g/mol. The van der Waals surface area contributed by atoms with E-state index in [0.29, 0.717) is 12.3 Å². The fourth-order valence-corrected chi connectivity index (χ4v) is 3.14. The molecule has 3 rings (SSSR count). The van der Waals surface area contributed by atoms with Crippen LogP contribution in [0.15, 0.2) is 59.7 Å². The lowest BCUT2D eigenvalue weighted by Gasteiger charge is -2.09. The second-order valence-electron chi connectivity index (χ2n) is 6.28. The summed E-state index contributed by atoms with van der Waals surface area (Å²) in [5, 5.41) is 4.38. The number of hydrazone groups is 1. The van der Waals surface area contributed by atoms with Crippen LogP contribution in [0.2, 0.25) is 0 Å². The molecule has 1 aromatic heterocycles. The van der Waals surface area contributed by atoms with Crippen molar-refractivity contribution >= 4 is 6.21 Å². The van der Waals surface area contributed by atoms with Crippen LogP contribution in [0, 0.1) is 13.8 Å². The summed E-state index contributed by atoms with van der Waals surface area (Å²) >= 11 is 0. The summed E-state index contributed by atoms with van der Waals surface area (Å²) in [6.07, 6.45) is 1.86. The predicted molar refractivity (Wildman–Crippen MR) is 109 cm³/mol. The lowest BCUT2D eigenvalue weighted by atomic mass is 10.2. The lowest BCUT2D eigenvalue weighted by molar-refractivity contribution is 0.354. The van der Waals surface area contributed by atoms with E-state index in [9.17, 15) is 0 Å². The van der Waals surface area contributed by atoms with E-state index in [1.54, 1.807) is 14.2 Å². The van der Waals surface area contributed by atoms with E-state index in [-0.39, 0.29) is 0 Å². The average molecular weight is 363 g/mol. The number of para-hydroxylation sites is 1. The molecule has 1 heterocycles. The van der Waals surface area contributed by atoms with Crippen LogP contribution in [0.1, 0.15) is 22.5 Å². The number of aryl methyl sites for hydroxylation is 1. The van der Waals surface area contributed by atoms with Crippen LogP contribution < -0.4 is 14.9 Å². The average Bonchev–Trinajstić information content (AvgIpc) is 2.99. The van der Waals surface area contributed by atoms with E-state index < -0.39 is 0 Å². The zero-order valence-electron chi connectivity index (χ0n) is 16.2. The smallest absolute Gasteiger partial charge is 0.161 e. The number of benzene rings is 2. The molecular formula is C22H25N3O2. The van der Waals surface area contributed by atoms with Gasteiger partial charge >= 0.3 is 0 Å². The number of nitrogens with one attached hydrogen (secondary N) is 1. The monoisotopic (exact) mass is 363 g/mol. The van der Waals surface area contributed by atoms with E-state index in [0.717, 1.165) is 28.3 Å². The molecule has 2 aromatic carbocycles. The van der Waals surface area contributed by atoms with Crippen molar-refractivity contribution in [3.05, 3.63) is 77.1 Å². The Morgan fingerprint density at radius 1 is 0.963 bits per heavy atom. The number of ether oxygens (including phenoxy) is 2. The van der Waals surface area contributed by atoms with Gasteiger partial charge in [0.2, 0.25) is 0 Å². The Labute approximate surface area is 160 Å². The third kappa shape index (κ3) is 4.14. The fourth-order valence-electron chi connectivity index (χ4n) is 3.14. The van der Waals surface area contributed by atoms with Crippen molar-refractivity contribution in [2.75, 3.05) is 14.2 Å². The van der Waals surface area contributed by atoms with Gasteiger partial charge in [0.25, 0.3) is 0 Å². The van der Waals surface area contributed by atoms with Crippen molar-refractivity contribution in [2.45, 2.75) is 20.4 Å². The number of aromatic nitrogens is 1. The van der Waals surface area contributed by atoms with Crippen LogP contribution >= 0.6 is 0 Å². The van der Waals surface area contributed by atoms with Gasteiger partial charge < -0.3 is 19.5 Å². The van der Waals surface area contributed by atoms with E-state index >= 15 is 0 Å². The molecule has 0 aliphatic heterocycles. The second kappa shape index (κ2) is 8.45. The molecule has 0 unspecified atom stereocenters. The van der Waals surface area contributed by atoms with Crippen LogP contribution in [0.25, 0.3) is 5.69 Å². The molecule has 0 bridgehead atoms. The maximum atomic E-state index is 5.33. The molecule has 5 nitrogen and oxygen atoms in total. The first-order chi connectivity index (χ1) is 13.1. The molecule has 0 atom stereocenters. The van der Waals surface area contributed by atoms with Gasteiger partial charge in [-0.3, -0.25) is 0 Å². The largest absolute Gasteiger partial charge is 0.493 e. The zero-order valence-corrected chi connectivity index (χ0v) is 16.2. The summed E-state index contributed by atoms with van der Waals surface area (Å²) in [5.41, 5.74) is 8.76. The molecule has 0 radical (unpaired) electrons. The summed E-state index contributed by atoms with van der Waals surface area (Å²) < 4.78 is 12.8.